The van der Waals surface area contributed by atoms with Crippen molar-refractivity contribution in [2.45, 2.75) is 26.0 Å². The van der Waals surface area contributed by atoms with Crippen LogP contribution >= 0.6 is 11.4 Å². The summed E-state index contributed by atoms with van der Waals surface area (Å²) in [6.07, 6.45) is 1.83. The first-order chi connectivity index (χ1) is 10.3. The van der Waals surface area contributed by atoms with Crippen molar-refractivity contribution in [1.82, 2.24) is 4.90 Å². The van der Waals surface area contributed by atoms with Crippen LogP contribution < -0.4 is 0 Å². The van der Waals surface area contributed by atoms with Gasteiger partial charge in [0.2, 0.25) is 0 Å². The highest BCUT2D eigenvalue weighted by Gasteiger charge is 2.20. The molecule has 0 saturated heterocycles. The van der Waals surface area contributed by atoms with Gasteiger partial charge >= 0.3 is 0 Å². The molecule has 0 fully saturated rings. The molecule has 22 heavy (non-hydrogen) atoms. The first kappa shape index (κ1) is 18.9. The molecule has 0 aromatic heterocycles. The second kappa shape index (κ2) is 9.06. The number of benzene rings is 1. The number of hydrogen-bond acceptors (Lipinski definition) is 2. The molecule has 0 amide bonds. The molecule has 0 aliphatic carbocycles. The van der Waals surface area contributed by atoms with E-state index < -0.39 is 0 Å². The maximum atomic E-state index is 13.0. The van der Waals surface area contributed by atoms with Crippen molar-refractivity contribution in [2.75, 3.05) is 26.5 Å². The molecule has 1 aromatic carbocycles. The molecular formula is C17H24FNO2S. The van der Waals surface area contributed by atoms with Crippen molar-refractivity contribution in [3.05, 3.63) is 35.6 Å². The van der Waals surface area contributed by atoms with E-state index in [2.05, 4.69) is 16.7 Å². The molecule has 0 heterocycles. The lowest BCUT2D eigenvalue weighted by atomic mass is 10.0. The van der Waals surface area contributed by atoms with Gasteiger partial charge in [0.15, 0.2) is 0 Å². The third-order valence-electron chi connectivity index (χ3n) is 3.38. The summed E-state index contributed by atoms with van der Waals surface area (Å²) < 4.78 is 18.6. The summed E-state index contributed by atoms with van der Waals surface area (Å²) in [7, 11) is 1.96. The molecule has 122 valence electrons. The topological polar surface area (TPSA) is 32.7 Å². The number of aliphatic hydroxyl groups excluding tert-OH is 1. The average Bonchev–Trinajstić information content (AvgIpc) is 2.49. The van der Waals surface area contributed by atoms with Gasteiger partial charge in [0.05, 0.1) is 18.8 Å². The van der Waals surface area contributed by atoms with Crippen LogP contribution in [-0.4, -0.2) is 47.1 Å². The van der Waals surface area contributed by atoms with Gasteiger partial charge in [-0.3, -0.25) is 4.90 Å². The van der Waals surface area contributed by atoms with Crippen molar-refractivity contribution in [3.8, 4) is 11.8 Å². The number of rotatable bonds is 6. The van der Waals surface area contributed by atoms with Crippen LogP contribution in [-0.2, 0) is 11.3 Å². The van der Waals surface area contributed by atoms with E-state index in [-0.39, 0.29) is 16.4 Å². The Bertz CT molecular complexity index is 576. The van der Waals surface area contributed by atoms with E-state index in [0.29, 0.717) is 19.8 Å². The van der Waals surface area contributed by atoms with Gasteiger partial charge in [-0.05, 0) is 50.8 Å². The fourth-order valence-corrected chi connectivity index (χ4v) is 1.83. The first-order valence-electron chi connectivity index (χ1n) is 7.07. The second-order valence-electron chi connectivity index (χ2n) is 5.46. The maximum absolute atomic E-state index is 13.0. The fraction of sp³-hybridized carbons (Fsp3) is 0.471. The van der Waals surface area contributed by atoms with Gasteiger partial charge in [0, 0.05) is 6.54 Å². The zero-order valence-electron chi connectivity index (χ0n) is 13.6. The van der Waals surface area contributed by atoms with Crippen LogP contribution in [0.2, 0.25) is 0 Å². The minimum Gasteiger partial charge on any atom is -0.375 e. The van der Waals surface area contributed by atoms with Gasteiger partial charge in [-0.2, -0.15) is 11.4 Å². The second-order valence-corrected chi connectivity index (χ2v) is 6.33. The van der Waals surface area contributed by atoms with Crippen LogP contribution in [0.25, 0.3) is 0 Å². The SMILES string of the molecule is C[SH]=C(O)C#CC(C)(C)N(C)CCOCc1cccc(F)c1. The predicted octanol–water partition coefficient (Wildman–Crippen LogP) is 2.84. The largest absolute Gasteiger partial charge is 0.375 e. The summed E-state index contributed by atoms with van der Waals surface area (Å²) in [5.41, 5.74) is 0.462. The number of thiol groups is 1. The first-order valence-corrected chi connectivity index (χ1v) is 8.41. The number of hydrogen-bond donors (Lipinski definition) is 2. The molecule has 1 aromatic rings. The number of likely N-dealkylation sites (N-methyl/N-ethyl adjacent to an activating group) is 1. The minimum absolute atomic E-state index is 0.170. The molecule has 5 heteroatoms. The fourth-order valence-electron chi connectivity index (χ4n) is 1.66. The Morgan fingerprint density at radius 1 is 1.45 bits per heavy atom. The van der Waals surface area contributed by atoms with Gasteiger partial charge in [-0.15, -0.1) is 0 Å². The third kappa shape index (κ3) is 6.71. The van der Waals surface area contributed by atoms with Crippen LogP contribution in [0.15, 0.2) is 24.3 Å². The summed E-state index contributed by atoms with van der Waals surface area (Å²) in [6, 6.07) is 6.40. The van der Waals surface area contributed by atoms with Gasteiger partial charge in [0.1, 0.15) is 10.9 Å². The molecule has 0 spiro atoms. The number of ether oxygens (including phenoxy) is 1. The predicted molar refractivity (Wildman–Crippen MR) is 93.1 cm³/mol. The van der Waals surface area contributed by atoms with Crippen LogP contribution in [0.5, 0.6) is 0 Å². The van der Waals surface area contributed by atoms with Crippen LogP contribution in [0.3, 0.4) is 0 Å². The maximum Gasteiger partial charge on any atom is 0.145 e. The highest BCUT2D eigenvalue weighted by Crippen LogP contribution is 2.11. The van der Waals surface area contributed by atoms with Crippen molar-refractivity contribution in [3.63, 3.8) is 0 Å². The van der Waals surface area contributed by atoms with Gasteiger partial charge in [-0.25, -0.2) is 4.39 Å². The van der Waals surface area contributed by atoms with Crippen molar-refractivity contribution in [1.29, 1.82) is 0 Å². The molecule has 0 atom stereocenters. The molecule has 3 nitrogen and oxygen atoms in total. The molecule has 0 aliphatic heterocycles. The van der Waals surface area contributed by atoms with E-state index in [0.717, 1.165) is 16.9 Å². The van der Waals surface area contributed by atoms with Crippen LogP contribution in [0, 0.1) is 17.7 Å². The molecule has 1 N–H and O–H groups in total. The molecular weight excluding hydrogens is 301 g/mol. The number of halogens is 1. The Kier molecular flexibility index (Phi) is 7.77. The summed E-state index contributed by atoms with van der Waals surface area (Å²) in [6.45, 7) is 5.60. The summed E-state index contributed by atoms with van der Waals surface area (Å²) in [4.78, 5) is 2.06. The smallest absolute Gasteiger partial charge is 0.145 e. The van der Waals surface area contributed by atoms with E-state index >= 15 is 0 Å². The lowest BCUT2D eigenvalue weighted by Gasteiger charge is -2.30. The van der Waals surface area contributed by atoms with Crippen molar-refractivity contribution >= 4 is 16.4 Å². The van der Waals surface area contributed by atoms with Crippen molar-refractivity contribution < 1.29 is 14.2 Å². The Morgan fingerprint density at radius 3 is 2.82 bits per heavy atom. The summed E-state index contributed by atoms with van der Waals surface area (Å²) in [5, 5.41) is 9.59. The summed E-state index contributed by atoms with van der Waals surface area (Å²) >= 11 is 0.771. The zero-order chi connectivity index (χ0) is 16.6. The highest BCUT2D eigenvalue weighted by atomic mass is 32.1. The molecule has 0 bridgehead atoms. The zero-order valence-corrected chi connectivity index (χ0v) is 14.5. The monoisotopic (exact) mass is 325 g/mol. The van der Waals surface area contributed by atoms with Crippen LogP contribution in [0.4, 0.5) is 4.39 Å². The van der Waals surface area contributed by atoms with E-state index in [1.54, 1.807) is 6.07 Å². The van der Waals surface area contributed by atoms with Gasteiger partial charge in [0.25, 0.3) is 0 Å². The molecule has 0 aliphatic rings. The van der Waals surface area contributed by atoms with Crippen LogP contribution in [0.1, 0.15) is 19.4 Å². The average molecular weight is 325 g/mol. The van der Waals surface area contributed by atoms with Gasteiger partial charge in [-0.1, -0.05) is 18.1 Å². The lowest BCUT2D eigenvalue weighted by molar-refractivity contribution is 0.0814. The Labute approximate surface area is 136 Å². The van der Waals surface area contributed by atoms with E-state index in [4.69, 9.17) is 4.74 Å². The van der Waals surface area contributed by atoms with Gasteiger partial charge < -0.3 is 9.84 Å². The highest BCUT2D eigenvalue weighted by molar-refractivity contribution is 7.98. The molecule has 0 saturated carbocycles. The quantitative estimate of drug-likeness (QED) is 0.365. The Morgan fingerprint density at radius 2 is 2.18 bits per heavy atom. The Hall–Kier alpha value is -1.19. The number of nitrogens with zero attached hydrogens (tertiary/aromatic N) is 1. The molecule has 0 unspecified atom stereocenters. The third-order valence-corrected chi connectivity index (χ3v) is 3.91. The normalized spacial score (nSPS) is 12.6. The van der Waals surface area contributed by atoms with E-state index in [9.17, 15) is 9.50 Å². The molecule has 0 radical (unpaired) electrons. The Balaban J connectivity index is 2.41. The van der Waals surface area contributed by atoms with E-state index in [1.165, 1.54) is 12.1 Å². The van der Waals surface area contributed by atoms with Crippen molar-refractivity contribution in [2.24, 2.45) is 0 Å². The summed E-state index contributed by atoms with van der Waals surface area (Å²) in [5.74, 6) is 5.56. The number of aliphatic hydroxyl groups is 1. The molecule has 1 rings (SSSR count). The van der Waals surface area contributed by atoms with E-state index in [1.807, 2.05) is 33.2 Å². The standard InChI is InChI=1S/C17H24FNO2S/c1-17(2,9-8-16(20)22-4)19(3)10-11-21-13-14-6-5-7-15(18)12-14/h5-7,12,20,22H,10-11,13H2,1-4H3. The minimum atomic E-state index is -0.360. The lowest BCUT2D eigenvalue weighted by Crippen LogP contribution is -2.41.